The number of aromatic nitrogens is 1. The molecule has 11 heteroatoms. The predicted octanol–water partition coefficient (Wildman–Crippen LogP) is 5.00. The molecule has 2 rings (SSSR count). The number of fused-ring (bicyclic) bond motifs is 1. The summed E-state index contributed by atoms with van der Waals surface area (Å²) in [6.07, 6.45) is -0.446. The Morgan fingerprint density at radius 2 is 2.03 bits per heavy atom. The van der Waals surface area contributed by atoms with Gasteiger partial charge in [-0.15, -0.1) is 0 Å². The number of nitrogens with zero attached hydrogens (tertiary/aromatic N) is 4. The smallest absolute Gasteiger partial charge is 0.410 e. The minimum Gasteiger partial charge on any atom is -0.504 e. The largest absolute Gasteiger partial charge is 0.504 e. The van der Waals surface area contributed by atoms with Crippen LogP contribution in [0, 0.1) is 11.3 Å². The van der Waals surface area contributed by atoms with E-state index in [9.17, 15) is 20.3 Å². The second kappa shape index (κ2) is 9.62. The highest BCUT2D eigenvalue weighted by molar-refractivity contribution is 14.1. The van der Waals surface area contributed by atoms with Gasteiger partial charge in [-0.25, -0.2) is 9.78 Å². The Morgan fingerprint density at radius 1 is 1.40 bits per heavy atom. The molecule has 8 nitrogen and oxygen atoms in total. The Bertz CT molecular complexity index is 1020. The number of rotatable bonds is 5. The zero-order valence-electron chi connectivity index (χ0n) is 16.8. The van der Waals surface area contributed by atoms with Crippen LogP contribution in [0.3, 0.4) is 0 Å². The molecule has 1 aromatic carbocycles. The maximum absolute atomic E-state index is 12.4. The molecule has 162 valence electrons. The van der Waals surface area contributed by atoms with E-state index in [1.807, 2.05) is 6.07 Å². The third-order valence-corrected chi connectivity index (χ3v) is 6.25. The van der Waals surface area contributed by atoms with E-state index in [1.54, 1.807) is 38.8 Å². The number of benzene rings is 1. The topological polar surface area (TPSA) is 110 Å². The maximum atomic E-state index is 12.4. The summed E-state index contributed by atoms with van der Waals surface area (Å²) in [7, 11) is 1.71. The highest BCUT2D eigenvalue weighted by Gasteiger charge is 2.25. The number of pyridine rings is 1. The van der Waals surface area contributed by atoms with E-state index in [2.05, 4.69) is 43.5 Å². The molecule has 30 heavy (non-hydrogen) atoms. The van der Waals surface area contributed by atoms with Crippen LogP contribution >= 0.6 is 50.1 Å². The summed E-state index contributed by atoms with van der Waals surface area (Å²) in [6.45, 7) is 6.01. The van der Waals surface area contributed by atoms with Crippen LogP contribution in [0.5, 0.6) is 11.6 Å². The van der Waals surface area contributed by atoms with Gasteiger partial charge in [0.25, 0.3) is 0 Å². The van der Waals surface area contributed by atoms with Crippen molar-refractivity contribution in [2.45, 2.75) is 26.4 Å². The minimum absolute atomic E-state index is 0.0546. The van der Waals surface area contributed by atoms with E-state index < -0.39 is 17.6 Å². The second-order valence-electron chi connectivity index (χ2n) is 7.47. The van der Waals surface area contributed by atoms with Crippen molar-refractivity contribution in [3.05, 3.63) is 21.1 Å². The molecule has 0 spiro atoms. The number of carbonyl (C=O) groups excluding carboxylic acids is 1. The first kappa shape index (κ1) is 24.6. The van der Waals surface area contributed by atoms with Crippen molar-refractivity contribution in [2.75, 3.05) is 29.6 Å². The van der Waals surface area contributed by atoms with Crippen LogP contribution in [0.2, 0.25) is 5.02 Å². The highest BCUT2D eigenvalue weighted by Crippen LogP contribution is 2.43. The Morgan fingerprint density at radius 3 is 2.57 bits per heavy atom. The lowest BCUT2D eigenvalue weighted by Gasteiger charge is -2.29. The van der Waals surface area contributed by atoms with Crippen molar-refractivity contribution < 1.29 is 19.7 Å². The van der Waals surface area contributed by atoms with Gasteiger partial charge in [-0.3, -0.25) is 4.90 Å². The van der Waals surface area contributed by atoms with E-state index in [1.165, 1.54) is 4.90 Å². The zero-order valence-corrected chi connectivity index (χ0v) is 21.3. The van der Waals surface area contributed by atoms with Gasteiger partial charge in [-0.05, 0) is 42.8 Å². The van der Waals surface area contributed by atoms with E-state index >= 15 is 0 Å². The number of phenols is 1. The Kier molecular flexibility index (Phi) is 7.87. The fourth-order valence-corrected chi connectivity index (χ4v) is 3.83. The third-order valence-electron chi connectivity index (χ3n) is 4.10. The number of phenolic OH excluding ortho intramolecular Hbond substituents is 1. The van der Waals surface area contributed by atoms with Crippen LogP contribution in [0.1, 0.15) is 26.3 Å². The number of hydrogen-bond donors (Lipinski definition) is 2. The van der Waals surface area contributed by atoms with Crippen molar-refractivity contribution in [1.29, 1.82) is 5.26 Å². The predicted molar refractivity (Wildman–Crippen MR) is 128 cm³/mol. The van der Waals surface area contributed by atoms with E-state index in [4.69, 9.17) is 16.3 Å². The molecule has 0 bridgehead atoms. The molecule has 0 aliphatic heterocycles. The average Bonchev–Trinajstić information content (AvgIpc) is 2.65. The van der Waals surface area contributed by atoms with Crippen LogP contribution in [0.15, 0.2) is 10.5 Å². The van der Waals surface area contributed by atoms with Crippen LogP contribution in [-0.4, -0.2) is 56.5 Å². The third kappa shape index (κ3) is 5.31. The van der Waals surface area contributed by atoms with Gasteiger partial charge < -0.3 is 19.8 Å². The number of hydrogen-bond acceptors (Lipinski definition) is 7. The summed E-state index contributed by atoms with van der Waals surface area (Å²) in [4.78, 5) is 19.6. The number of carbonyl (C=O) groups is 1. The lowest BCUT2D eigenvalue weighted by atomic mass is 10.1. The standard InChI is InChI=1S/C19H21BrClIN4O4/c1-19(2,3)30-18(29)26(9-22)6-5-25(4)15-10-7-12(21)13(20)16(27)14(10)24-17(28)11(15)8-23/h7,27H,5-6,9H2,1-4H3,(H,24,28). The molecule has 0 saturated carbocycles. The van der Waals surface area contributed by atoms with Crippen LogP contribution < -0.4 is 4.90 Å². The fourth-order valence-electron chi connectivity index (χ4n) is 2.71. The quantitative estimate of drug-likeness (QED) is 0.278. The minimum atomic E-state index is -0.615. The number of likely N-dealkylation sites (N-methyl/N-ethyl adjacent to an activating group) is 1. The van der Waals surface area contributed by atoms with Crippen molar-refractivity contribution in [1.82, 2.24) is 9.88 Å². The molecule has 0 radical (unpaired) electrons. The number of anilines is 1. The molecule has 1 aromatic heterocycles. The molecule has 0 fully saturated rings. The van der Waals surface area contributed by atoms with Gasteiger partial charge in [0.1, 0.15) is 22.8 Å². The van der Waals surface area contributed by atoms with Gasteiger partial charge in [0.05, 0.1) is 19.7 Å². The average molecular weight is 612 g/mol. The number of amides is 1. The highest BCUT2D eigenvalue weighted by atomic mass is 127. The lowest BCUT2D eigenvalue weighted by Crippen LogP contribution is -2.40. The monoisotopic (exact) mass is 610 g/mol. The van der Waals surface area contributed by atoms with Crippen molar-refractivity contribution in [2.24, 2.45) is 0 Å². The molecule has 2 aromatic rings. The van der Waals surface area contributed by atoms with Crippen LogP contribution in [-0.2, 0) is 4.74 Å². The molecule has 2 N–H and O–H groups in total. The molecular formula is C19H21BrClIN4O4. The molecule has 0 saturated heterocycles. The molecule has 1 amide bonds. The summed E-state index contributed by atoms with van der Waals surface area (Å²) < 4.78 is 6.06. The first-order chi connectivity index (χ1) is 13.9. The van der Waals surface area contributed by atoms with E-state index in [0.717, 1.165) is 0 Å². The van der Waals surface area contributed by atoms with Gasteiger partial charge in [-0.1, -0.05) is 34.2 Å². The van der Waals surface area contributed by atoms with Crippen molar-refractivity contribution in [3.63, 3.8) is 0 Å². The molecule has 0 aliphatic rings. The summed E-state index contributed by atoms with van der Waals surface area (Å²) in [6, 6.07) is 3.51. The number of halogens is 3. The summed E-state index contributed by atoms with van der Waals surface area (Å²) in [5.41, 5.74) is -0.221. The molecule has 1 heterocycles. The van der Waals surface area contributed by atoms with Crippen molar-refractivity contribution in [3.8, 4) is 17.7 Å². The molecule has 0 atom stereocenters. The van der Waals surface area contributed by atoms with Gasteiger partial charge in [0.2, 0.25) is 5.88 Å². The van der Waals surface area contributed by atoms with Gasteiger partial charge in [0.15, 0.2) is 5.75 Å². The Labute approximate surface area is 201 Å². The van der Waals surface area contributed by atoms with Crippen LogP contribution in [0.4, 0.5) is 10.5 Å². The maximum Gasteiger partial charge on any atom is 0.410 e. The number of nitriles is 1. The summed E-state index contributed by atoms with van der Waals surface area (Å²) >= 11 is 11.4. The second-order valence-corrected chi connectivity index (χ2v) is 9.36. The van der Waals surface area contributed by atoms with Gasteiger partial charge in [-0.2, -0.15) is 5.26 Å². The fraction of sp³-hybridized carbons (Fsp3) is 0.421. The zero-order chi connectivity index (χ0) is 22.8. The first-order valence-electron chi connectivity index (χ1n) is 8.80. The number of alkyl halides is 1. The molecule has 0 aliphatic carbocycles. The lowest BCUT2D eigenvalue weighted by molar-refractivity contribution is 0.0298. The van der Waals surface area contributed by atoms with E-state index in [-0.39, 0.29) is 26.3 Å². The van der Waals surface area contributed by atoms with E-state index in [0.29, 0.717) is 28.7 Å². The Balaban J connectivity index is 2.43. The summed E-state index contributed by atoms with van der Waals surface area (Å²) in [5.74, 6) is -0.746. The SMILES string of the molecule is CN(CCN(CI)C(=O)OC(C)(C)C)c1c(C#N)c(O)nc2c(O)c(Br)c(Cl)cc12. The van der Waals surface area contributed by atoms with Gasteiger partial charge >= 0.3 is 6.09 Å². The number of aromatic hydroxyl groups is 2. The summed E-state index contributed by atoms with van der Waals surface area (Å²) in [5, 5.41) is 30.9. The first-order valence-corrected chi connectivity index (χ1v) is 11.5. The molecule has 0 unspecified atom stereocenters. The Hall–Kier alpha value is -1.71. The molecular weight excluding hydrogens is 590 g/mol. The van der Waals surface area contributed by atoms with Gasteiger partial charge in [0, 0.05) is 25.5 Å². The number of ether oxygens (including phenoxy) is 1. The van der Waals surface area contributed by atoms with Crippen LogP contribution in [0.25, 0.3) is 10.9 Å². The van der Waals surface area contributed by atoms with Crippen molar-refractivity contribution >= 4 is 72.8 Å². The normalized spacial score (nSPS) is 11.3.